The number of carbonyl (C=O) groups excluding carboxylic acids is 1. The lowest BCUT2D eigenvalue weighted by molar-refractivity contribution is -0.126. The van der Waals surface area contributed by atoms with Crippen molar-refractivity contribution in [2.24, 2.45) is 11.8 Å². The van der Waals surface area contributed by atoms with E-state index < -0.39 is 0 Å². The van der Waals surface area contributed by atoms with Crippen LogP contribution in [0.2, 0.25) is 0 Å². The van der Waals surface area contributed by atoms with Crippen LogP contribution in [-0.2, 0) is 11.3 Å². The summed E-state index contributed by atoms with van der Waals surface area (Å²) in [5.41, 5.74) is 1.13. The van der Waals surface area contributed by atoms with E-state index in [1.807, 2.05) is 23.7 Å². The Kier molecular flexibility index (Phi) is 7.45. The standard InChI is InChI=1S/C24H33N3O3S/c1-29-20-11-5-9-19(22(20)30-2)16-27-13-6-10-18(15-27)21(24-25-12-14-31-24)26-23(28)17-7-3-4-8-17/h5,9,11-12,14,17-18,21H,3-4,6-8,10,13,15-16H2,1-2H3,(H,26,28)/t18-,21-/m1/s1. The summed E-state index contributed by atoms with van der Waals surface area (Å²) in [7, 11) is 3.36. The molecule has 31 heavy (non-hydrogen) atoms. The van der Waals surface area contributed by atoms with Gasteiger partial charge in [-0.2, -0.15) is 0 Å². The number of aromatic nitrogens is 1. The first-order chi connectivity index (χ1) is 15.2. The van der Waals surface area contributed by atoms with E-state index in [4.69, 9.17) is 9.47 Å². The predicted octanol–water partition coefficient (Wildman–Crippen LogP) is 4.42. The number of carbonyl (C=O) groups is 1. The number of thiazole rings is 1. The highest BCUT2D eigenvalue weighted by molar-refractivity contribution is 7.09. The summed E-state index contributed by atoms with van der Waals surface area (Å²) < 4.78 is 11.1. The van der Waals surface area contributed by atoms with Crippen molar-refractivity contribution < 1.29 is 14.3 Å². The number of piperidine rings is 1. The lowest BCUT2D eigenvalue weighted by Crippen LogP contribution is -2.43. The molecular weight excluding hydrogens is 410 g/mol. The smallest absolute Gasteiger partial charge is 0.223 e. The average molecular weight is 444 g/mol. The molecule has 1 amide bonds. The number of methoxy groups -OCH3 is 2. The van der Waals surface area contributed by atoms with Gasteiger partial charge in [0, 0.05) is 36.1 Å². The molecule has 2 atom stereocenters. The molecule has 0 bridgehead atoms. The molecule has 0 radical (unpaired) electrons. The van der Waals surface area contributed by atoms with E-state index in [0.29, 0.717) is 5.92 Å². The Labute approximate surface area is 189 Å². The first-order valence-corrected chi connectivity index (χ1v) is 12.2. The molecule has 2 aliphatic rings. The minimum atomic E-state index is -0.0110. The second-order valence-electron chi connectivity index (χ2n) is 8.63. The van der Waals surface area contributed by atoms with Crippen LogP contribution in [-0.4, -0.2) is 43.1 Å². The molecule has 168 valence electrons. The van der Waals surface area contributed by atoms with Crippen molar-refractivity contribution in [3.05, 3.63) is 40.3 Å². The number of likely N-dealkylation sites (tertiary alicyclic amines) is 1. The normalized spacial score (nSPS) is 21.0. The van der Waals surface area contributed by atoms with Crippen LogP contribution in [0, 0.1) is 11.8 Å². The zero-order chi connectivity index (χ0) is 21.6. The van der Waals surface area contributed by atoms with Crippen molar-refractivity contribution in [2.45, 2.75) is 51.1 Å². The summed E-state index contributed by atoms with van der Waals surface area (Å²) >= 11 is 1.64. The van der Waals surface area contributed by atoms with E-state index in [0.717, 1.165) is 67.4 Å². The van der Waals surface area contributed by atoms with E-state index in [1.54, 1.807) is 25.6 Å². The predicted molar refractivity (Wildman–Crippen MR) is 123 cm³/mol. The van der Waals surface area contributed by atoms with Crippen LogP contribution < -0.4 is 14.8 Å². The van der Waals surface area contributed by atoms with Gasteiger partial charge in [-0.25, -0.2) is 4.98 Å². The number of nitrogens with one attached hydrogen (secondary N) is 1. The molecule has 1 aliphatic carbocycles. The van der Waals surface area contributed by atoms with Gasteiger partial charge in [-0.15, -0.1) is 11.3 Å². The fraction of sp³-hybridized carbons (Fsp3) is 0.583. The van der Waals surface area contributed by atoms with Gasteiger partial charge >= 0.3 is 0 Å². The second kappa shape index (κ2) is 10.5. The number of nitrogens with zero attached hydrogens (tertiary/aromatic N) is 2. The van der Waals surface area contributed by atoms with Crippen molar-refractivity contribution in [3.8, 4) is 11.5 Å². The lowest BCUT2D eigenvalue weighted by atomic mass is 9.90. The Morgan fingerprint density at radius 1 is 1.23 bits per heavy atom. The Balaban J connectivity index is 1.48. The van der Waals surface area contributed by atoms with Crippen LogP contribution in [0.15, 0.2) is 29.8 Å². The maximum atomic E-state index is 12.9. The Morgan fingerprint density at radius 3 is 2.77 bits per heavy atom. The zero-order valence-electron chi connectivity index (χ0n) is 18.5. The zero-order valence-corrected chi connectivity index (χ0v) is 19.3. The highest BCUT2D eigenvalue weighted by Crippen LogP contribution is 2.35. The van der Waals surface area contributed by atoms with Crippen molar-refractivity contribution >= 4 is 17.2 Å². The third-order valence-corrected chi connectivity index (χ3v) is 7.49. The highest BCUT2D eigenvalue weighted by atomic mass is 32.1. The van der Waals surface area contributed by atoms with Crippen molar-refractivity contribution in [2.75, 3.05) is 27.3 Å². The van der Waals surface area contributed by atoms with Crippen LogP contribution in [0.25, 0.3) is 0 Å². The SMILES string of the molecule is COc1cccc(CN2CCC[C@@H]([C@@H](NC(=O)C3CCCC3)c3nccs3)C2)c1OC. The quantitative estimate of drug-likeness (QED) is 0.654. The van der Waals surface area contributed by atoms with Gasteiger partial charge in [0.25, 0.3) is 0 Å². The molecule has 1 saturated carbocycles. The number of amides is 1. The van der Waals surface area contributed by atoms with Gasteiger partial charge in [0.2, 0.25) is 5.91 Å². The molecule has 2 aromatic rings. The molecule has 0 spiro atoms. The fourth-order valence-electron chi connectivity index (χ4n) is 5.05. The number of rotatable bonds is 8. The third kappa shape index (κ3) is 5.21. The number of benzene rings is 1. The van der Waals surface area contributed by atoms with Gasteiger partial charge in [-0.3, -0.25) is 9.69 Å². The minimum Gasteiger partial charge on any atom is -0.493 e. The summed E-state index contributed by atoms with van der Waals surface area (Å²) in [4.78, 5) is 20.0. The molecule has 1 aliphatic heterocycles. The van der Waals surface area contributed by atoms with Gasteiger partial charge in [0.15, 0.2) is 11.5 Å². The Hall–Kier alpha value is -2.12. The summed E-state index contributed by atoms with van der Waals surface area (Å²) in [5, 5.41) is 6.42. The van der Waals surface area contributed by atoms with E-state index in [-0.39, 0.29) is 17.9 Å². The molecule has 2 heterocycles. The van der Waals surface area contributed by atoms with Gasteiger partial charge in [0.05, 0.1) is 20.3 Å². The Bertz CT molecular complexity index is 852. The molecule has 0 unspecified atom stereocenters. The second-order valence-corrected chi connectivity index (χ2v) is 9.55. The van der Waals surface area contributed by atoms with E-state index >= 15 is 0 Å². The number of hydrogen-bond donors (Lipinski definition) is 1. The fourth-order valence-corrected chi connectivity index (χ4v) is 5.84. The number of para-hydroxylation sites is 1. The van der Waals surface area contributed by atoms with E-state index in [9.17, 15) is 4.79 Å². The summed E-state index contributed by atoms with van der Waals surface area (Å²) in [5.74, 6) is 2.30. The van der Waals surface area contributed by atoms with Gasteiger partial charge in [0.1, 0.15) is 5.01 Å². The summed E-state index contributed by atoms with van der Waals surface area (Å²) in [6.07, 6.45) is 8.42. The van der Waals surface area contributed by atoms with Gasteiger partial charge < -0.3 is 14.8 Å². The Morgan fingerprint density at radius 2 is 2.06 bits per heavy atom. The monoisotopic (exact) mass is 443 g/mol. The lowest BCUT2D eigenvalue weighted by Gasteiger charge is -2.37. The maximum absolute atomic E-state index is 12.9. The molecule has 6 nitrogen and oxygen atoms in total. The van der Waals surface area contributed by atoms with Crippen LogP contribution in [0.4, 0.5) is 0 Å². The molecule has 1 N–H and O–H groups in total. The van der Waals surface area contributed by atoms with E-state index in [1.165, 1.54) is 12.8 Å². The first kappa shape index (κ1) is 22.1. The molecule has 1 saturated heterocycles. The van der Waals surface area contributed by atoms with Crippen molar-refractivity contribution in [3.63, 3.8) is 0 Å². The molecule has 7 heteroatoms. The molecule has 1 aromatic heterocycles. The summed E-state index contributed by atoms with van der Waals surface area (Å²) in [6.45, 7) is 2.77. The first-order valence-electron chi connectivity index (χ1n) is 11.3. The average Bonchev–Trinajstić information content (AvgIpc) is 3.52. The number of ether oxygens (including phenoxy) is 2. The molecule has 1 aromatic carbocycles. The highest BCUT2D eigenvalue weighted by Gasteiger charge is 2.33. The van der Waals surface area contributed by atoms with Crippen molar-refractivity contribution in [1.82, 2.24) is 15.2 Å². The van der Waals surface area contributed by atoms with Gasteiger partial charge in [-0.05, 0) is 44.2 Å². The minimum absolute atomic E-state index is 0.0110. The van der Waals surface area contributed by atoms with Crippen LogP contribution in [0.1, 0.15) is 55.1 Å². The van der Waals surface area contributed by atoms with Crippen molar-refractivity contribution in [1.29, 1.82) is 0 Å². The van der Waals surface area contributed by atoms with Gasteiger partial charge in [-0.1, -0.05) is 25.0 Å². The maximum Gasteiger partial charge on any atom is 0.223 e. The summed E-state index contributed by atoms with van der Waals surface area (Å²) in [6, 6.07) is 6.03. The van der Waals surface area contributed by atoms with Crippen LogP contribution >= 0.6 is 11.3 Å². The molecular formula is C24H33N3O3S. The largest absolute Gasteiger partial charge is 0.493 e. The van der Waals surface area contributed by atoms with Crippen LogP contribution in [0.5, 0.6) is 11.5 Å². The number of hydrogen-bond acceptors (Lipinski definition) is 6. The molecule has 4 rings (SSSR count). The van der Waals surface area contributed by atoms with E-state index in [2.05, 4.69) is 21.3 Å². The molecule has 2 fully saturated rings. The van der Waals surface area contributed by atoms with Crippen LogP contribution in [0.3, 0.4) is 0 Å². The topological polar surface area (TPSA) is 63.7 Å². The third-order valence-electron chi connectivity index (χ3n) is 6.63.